The molecule has 0 heterocycles. The maximum absolute atomic E-state index is 12.7. The van der Waals surface area contributed by atoms with E-state index in [1.807, 2.05) is 12.1 Å². The van der Waals surface area contributed by atoms with Crippen molar-refractivity contribution in [2.24, 2.45) is 5.41 Å². The van der Waals surface area contributed by atoms with Gasteiger partial charge in [0.2, 0.25) is 0 Å². The maximum Gasteiger partial charge on any atom is 0.123 e. The summed E-state index contributed by atoms with van der Waals surface area (Å²) in [5.41, 5.74) is 1.40. The Kier molecular flexibility index (Phi) is 3.86. The highest BCUT2D eigenvalue weighted by Gasteiger charge is 2.12. The van der Waals surface area contributed by atoms with Gasteiger partial charge >= 0.3 is 0 Å². The molecule has 0 aliphatic heterocycles. The van der Waals surface area contributed by atoms with E-state index in [2.05, 4.69) is 33.0 Å². The summed E-state index contributed by atoms with van der Waals surface area (Å²) in [5.74, 6) is -0.179. The van der Waals surface area contributed by atoms with Crippen molar-refractivity contribution in [2.45, 2.75) is 33.7 Å². The fourth-order valence-electron chi connectivity index (χ4n) is 1.33. The minimum Gasteiger partial charge on any atom is -0.310 e. The van der Waals surface area contributed by atoms with E-state index in [9.17, 15) is 4.39 Å². The smallest absolute Gasteiger partial charge is 0.123 e. The Balaban J connectivity index is 2.54. The molecule has 0 aliphatic rings. The molecule has 0 amide bonds. The van der Waals surface area contributed by atoms with Crippen molar-refractivity contribution in [1.29, 1.82) is 0 Å². The second-order valence-corrected chi connectivity index (χ2v) is 5.21. The molecule has 1 rings (SSSR count). The van der Waals surface area contributed by atoms with Crippen LogP contribution >= 0.6 is 0 Å². The summed E-state index contributed by atoms with van der Waals surface area (Å²) in [6.45, 7) is 9.62. The zero-order chi connectivity index (χ0) is 11.5. The number of rotatable bonds is 3. The number of hydrogen-bond donors (Lipinski definition) is 1. The van der Waals surface area contributed by atoms with Gasteiger partial charge in [0.1, 0.15) is 5.82 Å². The lowest BCUT2D eigenvalue weighted by Crippen LogP contribution is -2.29. The standard InChI is InChI=1S/C13H20FN/c1-10(15-9-13(2,3)4)11-5-7-12(14)8-6-11/h5-8,10,15H,9H2,1-4H3. The van der Waals surface area contributed by atoms with E-state index >= 15 is 0 Å². The van der Waals surface area contributed by atoms with Crippen LogP contribution < -0.4 is 5.32 Å². The first kappa shape index (κ1) is 12.2. The normalized spacial score (nSPS) is 13.9. The van der Waals surface area contributed by atoms with Crippen LogP contribution in [-0.2, 0) is 0 Å². The predicted octanol–water partition coefficient (Wildman–Crippen LogP) is 3.52. The summed E-state index contributed by atoms with van der Waals surface area (Å²) >= 11 is 0. The van der Waals surface area contributed by atoms with Crippen LogP contribution in [0.2, 0.25) is 0 Å². The zero-order valence-corrected chi connectivity index (χ0v) is 9.97. The quantitative estimate of drug-likeness (QED) is 0.803. The number of nitrogens with one attached hydrogen (secondary N) is 1. The lowest BCUT2D eigenvalue weighted by Gasteiger charge is -2.22. The van der Waals surface area contributed by atoms with E-state index < -0.39 is 0 Å². The predicted molar refractivity (Wildman–Crippen MR) is 62.3 cm³/mol. The first-order chi connectivity index (χ1) is 6.88. The summed E-state index contributed by atoms with van der Waals surface area (Å²) in [7, 11) is 0. The van der Waals surface area contributed by atoms with Crippen molar-refractivity contribution in [3.63, 3.8) is 0 Å². The molecular formula is C13H20FN. The molecule has 0 aliphatic carbocycles. The van der Waals surface area contributed by atoms with Gasteiger partial charge in [0, 0.05) is 12.6 Å². The third kappa shape index (κ3) is 4.43. The van der Waals surface area contributed by atoms with Crippen LogP contribution in [0.5, 0.6) is 0 Å². The molecule has 0 aromatic heterocycles. The van der Waals surface area contributed by atoms with Crippen molar-refractivity contribution in [2.75, 3.05) is 6.54 Å². The highest BCUT2D eigenvalue weighted by molar-refractivity contribution is 5.19. The van der Waals surface area contributed by atoms with Crippen LogP contribution in [0.25, 0.3) is 0 Å². The van der Waals surface area contributed by atoms with Gasteiger partial charge in [0.25, 0.3) is 0 Å². The lowest BCUT2D eigenvalue weighted by molar-refractivity contribution is 0.359. The van der Waals surface area contributed by atoms with Crippen molar-refractivity contribution in [1.82, 2.24) is 5.32 Å². The monoisotopic (exact) mass is 209 g/mol. The molecule has 1 unspecified atom stereocenters. The van der Waals surface area contributed by atoms with Crippen LogP contribution in [0.15, 0.2) is 24.3 Å². The summed E-state index contributed by atoms with van der Waals surface area (Å²) in [6, 6.07) is 6.94. The topological polar surface area (TPSA) is 12.0 Å². The summed E-state index contributed by atoms with van der Waals surface area (Å²) in [6.07, 6.45) is 0. The van der Waals surface area contributed by atoms with E-state index in [0.717, 1.165) is 12.1 Å². The zero-order valence-electron chi connectivity index (χ0n) is 9.97. The molecule has 0 saturated carbocycles. The van der Waals surface area contributed by atoms with E-state index in [0.29, 0.717) is 0 Å². The molecule has 1 N–H and O–H groups in total. The average Bonchev–Trinajstić information content (AvgIpc) is 2.14. The van der Waals surface area contributed by atoms with Crippen LogP contribution in [0.3, 0.4) is 0 Å². The Morgan fingerprint density at radius 1 is 1.20 bits per heavy atom. The van der Waals surface area contributed by atoms with Crippen molar-refractivity contribution in [3.05, 3.63) is 35.6 Å². The molecule has 0 saturated heterocycles. The van der Waals surface area contributed by atoms with Crippen LogP contribution in [0.4, 0.5) is 4.39 Å². The molecule has 0 radical (unpaired) electrons. The van der Waals surface area contributed by atoms with Gasteiger partial charge in [-0.05, 0) is 30.0 Å². The number of hydrogen-bond acceptors (Lipinski definition) is 1. The third-order valence-corrected chi connectivity index (χ3v) is 2.31. The molecular weight excluding hydrogens is 189 g/mol. The fraction of sp³-hybridized carbons (Fsp3) is 0.538. The highest BCUT2D eigenvalue weighted by Crippen LogP contribution is 2.16. The van der Waals surface area contributed by atoms with E-state index in [4.69, 9.17) is 0 Å². The molecule has 1 nitrogen and oxygen atoms in total. The van der Waals surface area contributed by atoms with Gasteiger partial charge in [0.15, 0.2) is 0 Å². The fourth-order valence-corrected chi connectivity index (χ4v) is 1.33. The Morgan fingerprint density at radius 3 is 2.20 bits per heavy atom. The summed E-state index contributed by atoms with van der Waals surface area (Å²) in [5, 5.41) is 3.44. The highest BCUT2D eigenvalue weighted by atomic mass is 19.1. The average molecular weight is 209 g/mol. The second kappa shape index (κ2) is 4.75. The van der Waals surface area contributed by atoms with E-state index in [1.165, 1.54) is 12.1 Å². The molecule has 0 spiro atoms. The van der Waals surface area contributed by atoms with Gasteiger partial charge in [0.05, 0.1) is 0 Å². The Morgan fingerprint density at radius 2 is 1.73 bits per heavy atom. The van der Waals surface area contributed by atoms with E-state index in [-0.39, 0.29) is 17.3 Å². The first-order valence-electron chi connectivity index (χ1n) is 5.37. The summed E-state index contributed by atoms with van der Waals surface area (Å²) < 4.78 is 12.7. The number of benzene rings is 1. The third-order valence-electron chi connectivity index (χ3n) is 2.31. The Labute approximate surface area is 91.7 Å². The molecule has 0 fully saturated rings. The van der Waals surface area contributed by atoms with Crippen LogP contribution in [-0.4, -0.2) is 6.54 Å². The Bertz CT molecular complexity index is 297. The molecule has 2 heteroatoms. The maximum atomic E-state index is 12.7. The minimum absolute atomic E-state index is 0.179. The minimum atomic E-state index is -0.179. The Hall–Kier alpha value is -0.890. The molecule has 0 bridgehead atoms. The summed E-state index contributed by atoms with van der Waals surface area (Å²) in [4.78, 5) is 0. The van der Waals surface area contributed by atoms with Gasteiger partial charge in [-0.1, -0.05) is 32.9 Å². The largest absolute Gasteiger partial charge is 0.310 e. The van der Waals surface area contributed by atoms with Gasteiger partial charge in [-0.2, -0.15) is 0 Å². The van der Waals surface area contributed by atoms with Crippen LogP contribution in [0.1, 0.15) is 39.3 Å². The van der Waals surface area contributed by atoms with Crippen molar-refractivity contribution in [3.8, 4) is 0 Å². The van der Waals surface area contributed by atoms with Crippen molar-refractivity contribution >= 4 is 0 Å². The number of halogens is 1. The SMILES string of the molecule is CC(NCC(C)(C)C)c1ccc(F)cc1. The van der Waals surface area contributed by atoms with Gasteiger partial charge < -0.3 is 5.32 Å². The van der Waals surface area contributed by atoms with Crippen LogP contribution in [0, 0.1) is 11.2 Å². The molecule has 15 heavy (non-hydrogen) atoms. The molecule has 1 aromatic carbocycles. The molecule has 1 atom stereocenters. The van der Waals surface area contributed by atoms with Gasteiger partial charge in [-0.25, -0.2) is 4.39 Å². The lowest BCUT2D eigenvalue weighted by atomic mass is 9.96. The van der Waals surface area contributed by atoms with E-state index in [1.54, 1.807) is 0 Å². The van der Waals surface area contributed by atoms with Crippen molar-refractivity contribution < 1.29 is 4.39 Å². The molecule has 84 valence electrons. The van der Waals surface area contributed by atoms with Gasteiger partial charge in [-0.15, -0.1) is 0 Å². The second-order valence-electron chi connectivity index (χ2n) is 5.21. The first-order valence-corrected chi connectivity index (χ1v) is 5.37. The molecule has 1 aromatic rings. The van der Waals surface area contributed by atoms with Gasteiger partial charge in [-0.3, -0.25) is 0 Å².